The van der Waals surface area contributed by atoms with E-state index in [0.717, 1.165) is 30.9 Å². The van der Waals surface area contributed by atoms with Gasteiger partial charge in [0.05, 0.1) is 5.69 Å². The third kappa shape index (κ3) is 2.54. The predicted octanol–water partition coefficient (Wildman–Crippen LogP) is 1.03. The number of aromatic nitrogens is 4. The van der Waals surface area contributed by atoms with Crippen LogP contribution in [-0.2, 0) is 13.0 Å². The third-order valence-electron chi connectivity index (χ3n) is 3.46. The molecule has 1 atom stereocenters. The van der Waals surface area contributed by atoms with Crippen molar-refractivity contribution in [2.45, 2.75) is 39.3 Å². The third-order valence-corrected chi connectivity index (χ3v) is 3.46. The van der Waals surface area contributed by atoms with Crippen molar-refractivity contribution in [3.05, 3.63) is 41.5 Å². The van der Waals surface area contributed by atoms with Crippen molar-refractivity contribution in [2.24, 2.45) is 0 Å². The molecule has 3 heterocycles. The fraction of sp³-hybridized carbons (Fsp3) is 0.429. The van der Waals surface area contributed by atoms with Crippen molar-refractivity contribution in [1.82, 2.24) is 24.8 Å². The minimum atomic E-state index is -0.138. The van der Waals surface area contributed by atoms with Gasteiger partial charge in [-0.1, -0.05) is 0 Å². The van der Waals surface area contributed by atoms with Crippen LogP contribution in [-0.4, -0.2) is 31.5 Å². The molecule has 1 N–H and O–H groups in total. The van der Waals surface area contributed by atoms with Crippen LogP contribution in [0.4, 0.5) is 0 Å². The largest absolute Gasteiger partial charge is 0.346 e. The van der Waals surface area contributed by atoms with Gasteiger partial charge in [0.1, 0.15) is 17.3 Å². The lowest BCUT2D eigenvalue weighted by atomic mass is 10.1. The lowest BCUT2D eigenvalue weighted by molar-refractivity contribution is 0.0922. The monoisotopic (exact) mass is 271 g/mol. The van der Waals surface area contributed by atoms with Gasteiger partial charge in [0.25, 0.3) is 5.91 Å². The highest BCUT2D eigenvalue weighted by Crippen LogP contribution is 2.15. The van der Waals surface area contributed by atoms with Crippen molar-refractivity contribution in [2.75, 3.05) is 0 Å². The highest BCUT2D eigenvalue weighted by Gasteiger charge is 2.22. The van der Waals surface area contributed by atoms with Crippen LogP contribution in [0.2, 0.25) is 0 Å². The summed E-state index contributed by atoms with van der Waals surface area (Å²) >= 11 is 0. The van der Waals surface area contributed by atoms with E-state index in [2.05, 4.69) is 24.8 Å². The number of nitrogens with one attached hydrogen (secondary N) is 1. The van der Waals surface area contributed by atoms with E-state index in [1.54, 1.807) is 19.2 Å². The zero-order chi connectivity index (χ0) is 14.1. The summed E-state index contributed by atoms with van der Waals surface area (Å²) in [5, 5.41) is 3.03. The summed E-state index contributed by atoms with van der Waals surface area (Å²) in [6.07, 6.45) is 5.44. The Bertz CT molecular complexity index is 649. The van der Waals surface area contributed by atoms with Crippen molar-refractivity contribution >= 4 is 5.91 Å². The Morgan fingerprint density at radius 2 is 2.25 bits per heavy atom. The van der Waals surface area contributed by atoms with E-state index < -0.39 is 0 Å². The molecule has 0 saturated carbocycles. The average Bonchev–Trinajstić information content (AvgIpc) is 2.78. The fourth-order valence-electron chi connectivity index (χ4n) is 2.55. The van der Waals surface area contributed by atoms with Gasteiger partial charge in [-0.25, -0.2) is 15.0 Å². The maximum atomic E-state index is 12.2. The van der Waals surface area contributed by atoms with E-state index in [1.807, 2.05) is 13.1 Å². The number of nitrogens with zero attached hydrogens (tertiary/aromatic N) is 4. The van der Waals surface area contributed by atoms with Gasteiger partial charge < -0.3 is 9.88 Å². The van der Waals surface area contributed by atoms with Gasteiger partial charge in [0.2, 0.25) is 0 Å². The zero-order valence-electron chi connectivity index (χ0n) is 11.6. The van der Waals surface area contributed by atoms with Crippen molar-refractivity contribution in [3.8, 4) is 0 Å². The molecule has 0 aromatic carbocycles. The van der Waals surface area contributed by atoms with Crippen LogP contribution in [0.5, 0.6) is 0 Å². The van der Waals surface area contributed by atoms with Gasteiger partial charge in [-0.15, -0.1) is 0 Å². The van der Waals surface area contributed by atoms with Gasteiger partial charge in [0.15, 0.2) is 0 Å². The van der Waals surface area contributed by atoms with E-state index >= 15 is 0 Å². The van der Waals surface area contributed by atoms with Gasteiger partial charge in [-0.3, -0.25) is 4.79 Å². The van der Waals surface area contributed by atoms with E-state index in [4.69, 9.17) is 0 Å². The van der Waals surface area contributed by atoms with Crippen LogP contribution in [0.25, 0.3) is 0 Å². The minimum absolute atomic E-state index is 0.124. The highest BCUT2D eigenvalue weighted by molar-refractivity contribution is 5.92. The second-order valence-electron chi connectivity index (χ2n) is 5.15. The molecule has 0 bridgehead atoms. The Balaban J connectivity index is 1.69. The maximum absolute atomic E-state index is 12.2. The standard InChI is InChI=1S/C14H17N5O/c1-9-7-19-8-11(3-4-13(19)16-9)18-14(20)12-5-6-15-10(2)17-12/h5-7,11H,3-4,8H2,1-2H3,(H,18,20). The predicted molar refractivity (Wildman–Crippen MR) is 73.3 cm³/mol. The minimum Gasteiger partial charge on any atom is -0.346 e. The molecule has 0 saturated heterocycles. The first kappa shape index (κ1) is 12.8. The molecule has 0 fully saturated rings. The summed E-state index contributed by atoms with van der Waals surface area (Å²) in [4.78, 5) is 24.8. The van der Waals surface area contributed by atoms with Crippen LogP contribution >= 0.6 is 0 Å². The van der Waals surface area contributed by atoms with Crippen molar-refractivity contribution in [1.29, 1.82) is 0 Å². The molecule has 0 aliphatic carbocycles. The smallest absolute Gasteiger partial charge is 0.270 e. The highest BCUT2D eigenvalue weighted by atomic mass is 16.1. The lowest BCUT2D eigenvalue weighted by Gasteiger charge is -2.24. The molecule has 0 radical (unpaired) electrons. The Hall–Kier alpha value is -2.24. The molecule has 1 amide bonds. The molecule has 2 aromatic heterocycles. The molecule has 104 valence electrons. The number of amides is 1. The molecule has 6 heteroatoms. The normalized spacial score (nSPS) is 17.6. The number of hydrogen-bond donors (Lipinski definition) is 1. The number of hydrogen-bond acceptors (Lipinski definition) is 4. The first-order chi connectivity index (χ1) is 9.61. The summed E-state index contributed by atoms with van der Waals surface area (Å²) in [5.41, 5.74) is 1.45. The summed E-state index contributed by atoms with van der Waals surface area (Å²) in [6, 6.07) is 1.76. The SMILES string of the molecule is Cc1cn2c(n1)CCC(NC(=O)c1ccnc(C)n1)C2. The van der Waals surface area contributed by atoms with Gasteiger partial charge >= 0.3 is 0 Å². The Labute approximate surface area is 117 Å². The Kier molecular flexibility index (Phi) is 3.22. The van der Waals surface area contributed by atoms with E-state index in [-0.39, 0.29) is 11.9 Å². The number of aryl methyl sites for hydroxylation is 3. The molecular weight excluding hydrogens is 254 g/mol. The second-order valence-corrected chi connectivity index (χ2v) is 5.15. The van der Waals surface area contributed by atoms with Gasteiger partial charge in [0, 0.05) is 31.4 Å². The van der Waals surface area contributed by atoms with Crippen molar-refractivity contribution in [3.63, 3.8) is 0 Å². The van der Waals surface area contributed by atoms with E-state index in [1.165, 1.54) is 0 Å². The first-order valence-corrected chi connectivity index (χ1v) is 6.75. The number of fused-ring (bicyclic) bond motifs is 1. The fourth-order valence-corrected chi connectivity index (χ4v) is 2.55. The number of imidazole rings is 1. The van der Waals surface area contributed by atoms with Crippen LogP contribution in [0.3, 0.4) is 0 Å². The summed E-state index contributed by atoms with van der Waals surface area (Å²) in [5.74, 6) is 1.57. The van der Waals surface area contributed by atoms with Crippen LogP contribution < -0.4 is 5.32 Å². The van der Waals surface area contributed by atoms with Crippen LogP contribution in [0.15, 0.2) is 18.5 Å². The van der Waals surface area contributed by atoms with Crippen LogP contribution in [0.1, 0.15) is 34.3 Å². The van der Waals surface area contributed by atoms with Crippen LogP contribution in [0, 0.1) is 13.8 Å². The van der Waals surface area contributed by atoms with E-state index in [0.29, 0.717) is 11.5 Å². The molecule has 1 unspecified atom stereocenters. The molecular formula is C14H17N5O. The quantitative estimate of drug-likeness (QED) is 0.885. The summed E-state index contributed by atoms with van der Waals surface area (Å²) < 4.78 is 2.12. The number of carbonyl (C=O) groups is 1. The molecule has 1 aliphatic rings. The van der Waals surface area contributed by atoms with E-state index in [9.17, 15) is 4.79 Å². The summed E-state index contributed by atoms with van der Waals surface area (Å²) in [6.45, 7) is 4.53. The molecule has 1 aliphatic heterocycles. The molecule has 6 nitrogen and oxygen atoms in total. The second kappa shape index (κ2) is 5.03. The summed E-state index contributed by atoms with van der Waals surface area (Å²) in [7, 11) is 0. The number of carbonyl (C=O) groups excluding carboxylic acids is 1. The Morgan fingerprint density at radius 1 is 1.40 bits per heavy atom. The molecule has 20 heavy (non-hydrogen) atoms. The lowest BCUT2D eigenvalue weighted by Crippen LogP contribution is -2.41. The zero-order valence-corrected chi connectivity index (χ0v) is 11.6. The molecule has 0 spiro atoms. The van der Waals surface area contributed by atoms with Gasteiger partial charge in [-0.05, 0) is 26.3 Å². The molecule has 2 aromatic rings. The topological polar surface area (TPSA) is 72.7 Å². The first-order valence-electron chi connectivity index (χ1n) is 6.75. The molecule has 3 rings (SSSR count). The number of rotatable bonds is 2. The van der Waals surface area contributed by atoms with Crippen molar-refractivity contribution < 1.29 is 4.79 Å². The maximum Gasteiger partial charge on any atom is 0.270 e. The van der Waals surface area contributed by atoms with Gasteiger partial charge in [-0.2, -0.15) is 0 Å². The average molecular weight is 271 g/mol. The Morgan fingerprint density at radius 3 is 3.05 bits per heavy atom.